The highest BCUT2D eigenvalue weighted by Gasteiger charge is 2.41. The first-order chi connectivity index (χ1) is 11.8. The van der Waals surface area contributed by atoms with Crippen molar-refractivity contribution in [2.45, 2.75) is 38.9 Å². The molecule has 2 aliphatic heterocycles. The number of hydrogen-bond donors (Lipinski definition) is 1. The Morgan fingerprint density at radius 2 is 1.69 bits per heavy atom. The van der Waals surface area contributed by atoms with Gasteiger partial charge in [0.25, 0.3) is 0 Å². The Kier molecular flexibility index (Phi) is 9.95. The van der Waals surface area contributed by atoms with Crippen LogP contribution in [0.15, 0.2) is 4.99 Å². The Bertz CT molecular complexity index is 431. The Morgan fingerprint density at radius 1 is 1.12 bits per heavy atom. The van der Waals surface area contributed by atoms with E-state index >= 15 is 0 Å². The maximum absolute atomic E-state index is 12.8. The highest BCUT2D eigenvalue weighted by atomic mass is 127. The van der Waals surface area contributed by atoms with Gasteiger partial charge in [-0.25, -0.2) is 0 Å². The van der Waals surface area contributed by atoms with Gasteiger partial charge in [0.15, 0.2) is 5.96 Å². The largest absolute Gasteiger partial charge is 0.403 e. The number of halogens is 4. The number of nitrogens with one attached hydrogen (secondary N) is 1. The molecule has 0 amide bonds. The molecule has 2 fully saturated rings. The molecule has 5 nitrogen and oxygen atoms in total. The number of nitrogens with zero attached hydrogens (tertiary/aromatic N) is 4. The molecule has 154 valence electrons. The first-order valence-electron chi connectivity index (χ1n) is 9.30. The summed E-state index contributed by atoms with van der Waals surface area (Å²) >= 11 is 0. The van der Waals surface area contributed by atoms with Gasteiger partial charge < -0.3 is 15.1 Å². The zero-order valence-corrected chi connectivity index (χ0v) is 18.4. The summed E-state index contributed by atoms with van der Waals surface area (Å²) in [5.41, 5.74) is 0. The average molecular weight is 491 g/mol. The molecule has 0 saturated carbocycles. The summed E-state index contributed by atoms with van der Waals surface area (Å²) in [6, 6.07) is -1.38. The Morgan fingerprint density at radius 3 is 2.19 bits per heavy atom. The molecular formula is C17H33F3IN5. The lowest BCUT2D eigenvalue weighted by atomic mass is 9.99. The Labute approximate surface area is 172 Å². The second kappa shape index (κ2) is 10.9. The summed E-state index contributed by atoms with van der Waals surface area (Å²) in [5.74, 6) is 1.62. The van der Waals surface area contributed by atoms with Crippen LogP contribution in [0, 0.1) is 5.92 Å². The van der Waals surface area contributed by atoms with Crippen LogP contribution in [0.5, 0.6) is 0 Å². The van der Waals surface area contributed by atoms with Crippen LogP contribution in [0.2, 0.25) is 0 Å². The molecule has 2 rings (SSSR count). The number of rotatable bonds is 4. The van der Waals surface area contributed by atoms with Crippen molar-refractivity contribution in [2.24, 2.45) is 10.9 Å². The molecule has 0 aromatic rings. The lowest BCUT2D eigenvalue weighted by Crippen LogP contribution is -2.57. The summed E-state index contributed by atoms with van der Waals surface area (Å²) in [6.07, 6.45) is -1.64. The van der Waals surface area contributed by atoms with E-state index < -0.39 is 12.2 Å². The lowest BCUT2D eigenvalue weighted by Gasteiger charge is -2.39. The fourth-order valence-electron chi connectivity index (χ4n) is 3.47. The van der Waals surface area contributed by atoms with Crippen LogP contribution in [-0.4, -0.2) is 92.3 Å². The lowest BCUT2D eigenvalue weighted by molar-refractivity contribution is -0.181. The van der Waals surface area contributed by atoms with Crippen LogP contribution in [0.1, 0.15) is 26.7 Å². The van der Waals surface area contributed by atoms with Crippen molar-refractivity contribution in [1.29, 1.82) is 0 Å². The van der Waals surface area contributed by atoms with E-state index in [9.17, 15) is 13.2 Å². The Hall–Kier alpha value is -0.290. The summed E-state index contributed by atoms with van der Waals surface area (Å²) in [6.45, 7) is 9.60. The minimum absolute atomic E-state index is 0. The third-order valence-electron chi connectivity index (χ3n) is 5.43. The fraction of sp³-hybridized carbons (Fsp3) is 0.941. The zero-order chi connectivity index (χ0) is 18.4. The topological polar surface area (TPSA) is 34.1 Å². The highest BCUT2D eigenvalue weighted by molar-refractivity contribution is 14.0. The molecule has 0 bridgehead atoms. The average Bonchev–Trinajstić information content (AvgIpc) is 2.59. The van der Waals surface area contributed by atoms with Crippen molar-refractivity contribution in [3.05, 3.63) is 0 Å². The van der Waals surface area contributed by atoms with E-state index in [-0.39, 0.29) is 24.0 Å². The zero-order valence-electron chi connectivity index (χ0n) is 16.1. The monoisotopic (exact) mass is 491 g/mol. The van der Waals surface area contributed by atoms with Crippen LogP contribution in [0.4, 0.5) is 13.2 Å². The minimum Gasteiger partial charge on any atom is -0.355 e. The van der Waals surface area contributed by atoms with Gasteiger partial charge in [0.1, 0.15) is 6.04 Å². The van der Waals surface area contributed by atoms with Crippen LogP contribution in [0.3, 0.4) is 0 Å². The van der Waals surface area contributed by atoms with Gasteiger partial charge in [0.05, 0.1) is 0 Å². The second-order valence-electron chi connectivity index (χ2n) is 7.24. The molecular weight excluding hydrogens is 458 g/mol. The maximum Gasteiger partial charge on any atom is 0.403 e. The van der Waals surface area contributed by atoms with E-state index in [1.165, 1.54) is 24.7 Å². The molecule has 0 aromatic carbocycles. The maximum atomic E-state index is 12.8. The quantitative estimate of drug-likeness (QED) is 0.373. The van der Waals surface area contributed by atoms with Gasteiger partial charge in [-0.2, -0.15) is 13.2 Å². The highest BCUT2D eigenvalue weighted by Crippen LogP contribution is 2.25. The number of aliphatic imine (C=N–C) groups is 1. The van der Waals surface area contributed by atoms with Gasteiger partial charge in [-0.1, -0.05) is 6.92 Å². The van der Waals surface area contributed by atoms with Crippen LogP contribution in [0.25, 0.3) is 0 Å². The van der Waals surface area contributed by atoms with E-state index in [0.29, 0.717) is 26.2 Å². The number of likely N-dealkylation sites (tertiary alicyclic amines) is 1. The van der Waals surface area contributed by atoms with Crippen molar-refractivity contribution in [1.82, 2.24) is 20.0 Å². The van der Waals surface area contributed by atoms with Crippen molar-refractivity contribution in [3.8, 4) is 0 Å². The molecule has 26 heavy (non-hydrogen) atoms. The third kappa shape index (κ3) is 7.03. The molecule has 0 aliphatic carbocycles. The normalized spacial score (nSPS) is 22.8. The molecule has 0 aromatic heterocycles. The molecule has 9 heteroatoms. The third-order valence-corrected chi connectivity index (χ3v) is 5.43. The summed E-state index contributed by atoms with van der Waals surface area (Å²) in [5, 5.41) is 3.37. The number of alkyl halides is 3. The van der Waals surface area contributed by atoms with Crippen molar-refractivity contribution in [3.63, 3.8) is 0 Å². The number of hydrogen-bond acceptors (Lipinski definition) is 3. The van der Waals surface area contributed by atoms with Gasteiger partial charge >= 0.3 is 6.18 Å². The predicted molar refractivity (Wildman–Crippen MR) is 110 cm³/mol. The van der Waals surface area contributed by atoms with Gasteiger partial charge in [-0.3, -0.25) is 9.89 Å². The van der Waals surface area contributed by atoms with E-state index in [2.05, 4.69) is 27.0 Å². The van der Waals surface area contributed by atoms with Crippen molar-refractivity contribution >= 4 is 29.9 Å². The van der Waals surface area contributed by atoms with Crippen molar-refractivity contribution in [2.75, 3.05) is 59.4 Å². The number of piperazine rings is 1. The van der Waals surface area contributed by atoms with Crippen LogP contribution >= 0.6 is 24.0 Å². The molecule has 2 aliphatic rings. The Balaban J connectivity index is 0.00000338. The van der Waals surface area contributed by atoms with E-state index in [0.717, 1.165) is 38.1 Å². The fourth-order valence-corrected chi connectivity index (χ4v) is 3.47. The minimum atomic E-state index is -4.16. The molecule has 2 saturated heterocycles. The summed E-state index contributed by atoms with van der Waals surface area (Å²) < 4.78 is 38.5. The molecule has 1 unspecified atom stereocenters. The predicted octanol–water partition coefficient (Wildman–Crippen LogP) is 2.48. The van der Waals surface area contributed by atoms with Gasteiger partial charge in [-0.15, -0.1) is 24.0 Å². The van der Waals surface area contributed by atoms with Crippen LogP contribution in [-0.2, 0) is 0 Å². The van der Waals surface area contributed by atoms with Gasteiger partial charge in [0.2, 0.25) is 0 Å². The SMILES string of the molecule is CN=C(NCCN1CCC(C)CC1)N1CCN(C(C)C(F)(F)F)CC1.I. The van der Waals surface area contributed by atoms with Crippen LogP contribution < -0.4 is 5.32 Å². The first kappa shape index (κ1) is 23.7. The molecule has 1 atom stereocenters. The van der Waals surface area contributed by atoms with E-state index in [1.807, 2.05) is 0 Å². The number of piperidine rings is 1. The second-order valence-corrected chi connectivity index (χ2v) is 7.24. The first-order valence-corrected chi connectivity index (χ1v) is 9.30. The van der Waals surface area contributed by atoms with E-state index in [1.54, 1.807) is 7.05 Å². The molecule has 0 spiro atoms. The summed E-state index contributed by atoms with van der Waals surface area (Å²) in [7, 11) is 1.73. The molecule has 2 heterocycles. The molecule has 0 radical (unpaired) electrons. The number of guanidine groups is 1. The summed E-state index contributed by atoms with van der Waals surface area (Å²) in [4.78, 5) is 10.3. The standard InChI is InChI=1S/C17H32F3N5.HI/c1-14-4-7-23(8-5-14)9-6-22-16(21-3)25-12-10-24(11-13-25)15(2)17(18,19)20;/h14-15H,4-13H2,1-3H3,(H,21,22);1H. The van der Waals surface area contributed by atoms with Gasteiger partial charge in [-0.05, 0) is 38.8 Å². The smallest absolute Gasteiger partial charge is 0.355 e. The molecule has 1 N–H and O–H groups in total. The van der Waals surface area contributed by atoms with Gasteiger partial charge in [0, 0.05) is 46.3 Å². The van der Waals surface area contributed by atoms with E-state index in [4.69, 9.17) is 0 Å². The van der Waals surface area contributed by atoms with Crippen molar-refractivity contribution < 1.29 is 13.2 Å².